The topological polar surface area (TPSA) is 68.3 Å². The number of benzene rings is 2. The van der Waals surface area contributed by atoms with Crippen LogP contribution in [0, 0.1) is 6.92 Å². The standard InChI is InChI=1S/C22H26N4O2/c1-5-27-19-10-6-18(7-11-19)25-22-23-16(4)14-21(26-22)24-17-8-12-20(13-9-17)28-15(2)3/h6-15H,5H2,1-4H3,(H2,23,24,25,26). The van der Waals surface area contributed by atoms with Crippen LogP contribution in [0.2, 0.25) is 0 Å². The number of anilines is 4. The highest BCUT2D eigenvalue weighted by molar-refractivity contribution is 5.61. The number of ether oxygens (including phenoxy) is 2. The van der Waals surface area contributed by atoms with Crippen molar-refractivity contribution >= 4 is 23.1 Å². The molecule has 0 saturated carbocycles. The molecule has 0 spiro atoms. The Morgan fingerprint density at radius 1 is 0.857 bits per heavy atom. The SMILES string of the molecule is CCOc1ccc(Nc2nc(C)cc(Nc3ccc(OC(C)C)cc3)n2)cc1. The molecule has 2 aromatic carbocycles. The van der Waals surface area contributed by atoms with E-state index >= 15 is 0 Å². The Balaban J connectivity index is 1.70. The summed E-state index contributed by atoms with van der Waals surface area (Å²) in [6.45, 7) is 8.57. The quantitative estimate of drug-likeness (QED) is 0.543. The van der Waals surface area contributed by atoms with Gasteiger partial charge in [-0.3, -0.25) is 0 Å². The van der Waals surface area contributed by atoms with Gasteiger partial charge in [-0.15, -0.1) is 0 Å². The van der Waals surface area contributed by atoms with Gasteiger partial charge in [-0.05, 0) is 76.2 Å². The molecule has 0 radical (unpaired) electrons. The van der Waals surface area contributed by atoms with Crippen molar-refractivity contribution < 1.29 is 9.47 Å². The molecule has 2 N–H and O–H groups in total. The van der Waals surface area contributed by atoms with Crippen molar-refractivity contribution in [3.63, 3.8) is 0 Å². The van der Waals surface area contributed by atoms with Crippen molar-refractivity contribution in [1.82, 2.24) is 9.97 Å². The minimum atomic E-state index is 0.152. The van der Waals surface area contributed by atoms with E-state index in [2.05, 4.69) is 20.6 Å². The first-order valence-corrected chi connectivity index (χ1v) is 9.41. The van der Waals surface area contributed by atoms with Gasteiger partial charge in [-0.1, -0.05) is 0 Å². The molecule has 0 atom stereocenters. The zero-order valence-corrected chi connectivity index (χ0v) is 16.7. The summed E-state index contributed by atoms with van der Waals surface area (Å²) in [5, 5.41) is 6.54. The van der Waals surface area contributed by atoms with Gasteiger partial charge in [0.05, 0.1) is 12.7 Å². The van der Waals surface area contributed by atoms with Gasteiger partial charge >= 0.3 is 0 Å². The zero-order valence-electron chi connectivity index (χ0n) is 16.7. The third kappa shape index (κ3) is 5.61. The van der Waals surface area contributed by atoms with E-state index in [0.29, 0.717) is 12.6 Å². The second-order valence-electron chi connectivity index (χ2n) is 6.62. The minimum absolute atomic E-state index is 0.152. The van der Waals surface area contributed by atoms with Gasteiger partial charge in [0, 0.05) is 23.1 Å². The molecule has 0 aliphatic heterocycles. The van der Waals surface area contributed by atoms with Gasteiger partial charge in [-0.25, -0.2) is 4.98 Å². The highest BCUT2D eigenvalue weighted by Crippen LogP contribution is 2.23. The van der Waals surface area contributed by atoms with Crippen LogP contribution in [-0.4, -0.2) is 22.7 Å². The molecule has 3 rings (SSSR count). The number of rotatable bonds is 8. The van der Waals surface area contributed by atoms with E-state index in [1.165, 1.54) is 0 Å². The fraction of sp³-hybridized carbons (Fsp3) is 0.273. The average molecular weight is 378 g/mol. The van der Waals surface area contributed by atoms with Crippen molar-refractivity contribution in [1.29, 1.82) is 0 Å². The lowest BCUT2D eigenvalue weighted by molar-refractivity contribution is 0.242. The Morgan fingerprint density at radius 2 is 1.46 bits per heavy atom. The summed E-state index contributed by atoms with van der Waals surface area (Å²) in [6.07, 6.45) is 0.152. The Bertz CT molecular complexity index is 893. The van der Waals surface area contributed by atoms with Crippen LogP contribution >= 0.6 is 0 Å². The number of hydrogen-bond donors (Lipinski definition) is 2. The highest BCUT2D eigenvalue weighted by Gasteiger charge is 2.05. The van der Waals surface area contributed by atoms with Gasteiger partial charge in [-0.2, -0.15) is 4.98 Å². The summed E-state index contributed by atoms with van der Waals surface area (Å²) in [5.41, 5.74) is 2.70. The Kier molecular flexibility index (Phi) is 6.32. The van der Waals surface area contributed by atoms with Gasteiger partial charge in [0.1, 0.15) is 17.3 Å². The third-order valence-electron chi connectivity index (χ3n) is 3.77. The van der Waals surface area contributed by atoms with Crippen LogP contribution in [0.1, 0.15) is 26.5 Å². The summed E-state index contributed by atoms with van der Waals surface area (Å²) in [4.78, 5) is 9.02. The van der Waals surface area contributed by atoms with Crippen LogP contribution in [0.15, 0.2) is 54.6 Å². The van der Waals surface area contributed by atoms with E-state index < -0.39 is 0 Å². The van der Waals surface area contributed by atoms with E-state index in [4.69, 9.17) is 9.47 Å². The van der Waals surface area contributed by atoms with Crippen LogP contribution in [0.5, 0.6) is 11.5 Å². The molecule has 1 heterocycles. The molecule has 0 unspecified atom stereocenters. The monoisotopic (exact) mass is 378 g/mol. The molecule has 146 valence electrons. The maximum absolute atomic E-state index is 5.68. The molecule has 0 amide bonds. The smallest absolute Gasteiger partial charge is 0.229 e. The maximum Gasteiger partial charge on any atom is 0.229 e. The molecule has 1 aromatic heterocycles. The molecule has 0 saturated heterocycles. The van der Waals surface area contributed by atoms with Gasteiger partial charge in [0.25, 0.3) is 0 Å². The zero-order chi connectivity index (χ0) is 19.9. The molecule has 3 aromatic rings. The third-order valence-corrected chi connectivity index (χ3v) is 3.77. The molecule has 28 heavy (non-hydrogen) atoms. The first-order chi connectivity index (χ1) is 13.5. The predicted octanol–water partition coefficient (Wildman–Crippen LogP) is 5.46. The van der Waals surface area contributed by atoms with Crippen molar-refractivity contribution in [2.75, 3.05) is 17.2 Å². The molecule has 0 aliphatic rings. The Hall–Kier alpha value is -3.28. The van der Waals surface area contributed by atoms with E-state index in [9.17, 15) is 0 Å². The molecule has 0 fully saturated rings. The summed E-state index contributed by atoms with van der Waals surface area (Å²) in [5.74, 6) is 2.94. The number of nitrogens with one attached hydrogen (secondary N) is 2. The van der Waals surface area contributed by atoms with Gasteiger partial charge in [0.2, 0.25) is 5.95 Å². The fourth-order valence-corrected chi connectivity index (χ4v) is 2.66. The molecule has 0 bridgehead atoms. The molecular weight excluding hydrogens is 352 g/mol. The van der Waals surface area contributed by atoms with Gasteiger partial charge in [0.15, 0.2) is 0 Å². The normalized spacial score (nSPS) is 10.6. The van der Waals surface area contributed by atoms with Crippen molar-refractivity contribution in [2.24, 2.45) is 0 Å². The van der Waals surface area contributed by atoms with Crippen LogP contribution in [0.25, 0.3) is 0 Å². The first kappa shape index (κ1) is 19.5. The average Bonchev–Trinajstić information content (AvgIpc) is 2.64. The van der Waals surface area contributed by atoms with E-state index in [-0.39, 0.29) is 6.10 Å². The van der Waals surface area contributed by atoms with Crippen molar-refractivity contribution in [3.05, 3.63) is 60.3 Å². The number of nitrogens with zero attached hydrogens (tertiary/aromatic N) is 2. The van der Waals surface area contributed by atoms with Crippen molar-refractivity contribution in [3.8, 4) is 11.5 Å². The maximum atomic E-state index is 5.68. The summed E-state index contributed by atoms with van der Waals surface area (Å²) in [6, 6.07) is 17.4. The van der Waals surface area contributed by atoms with Crippen LogP contribution in [0.3, 0.4) is 0 Å². The Labute approximate surface area is 166 Å². The Morgan fingerprint density at radius 3 is 2.07 bits per heavy atom. The number of aryl methyl sites for hydroxylation is 1. The summed E-state index contributed by atoms with van der Waals surface area (Å²) >= 11 is 0. The van der Waals surface area contributed by atoms with Crippen LogP contribution < -0.4 is 20.1 Å². The van der Waals surface area contributed by atoms with E-state index in [0.717, 1.165) is 34.4 Å². The fourth-order valence-electron chi connectivity index (χ4n) is 2.66. The lowest BCUT2D eigenvalue weighted by Crippen LogP contribution is -2.05. The first-order valence-electron chi connectivity index (χ1n) is 9.41. The highest BCUT2D eigenvalue weighted by atomic mass is 16.5. The largest absolute Gasteiger partial charge is 0.494 e. The molecule has 6 nitrogen and oxygen atoms in total. The lowest BCUT2D eigenvalue weighted by Gasteiger charge is -2.12. The van der Waals surface area contributed by atoms with Crippen LogP contribution in [0.4, 0.5) is 23.1 Å². The summed E-state index contributed by atoms with van der Waals surface area (Å²) < 4.78 is 11.1. The molecule has 0 aliphatic carbocycles. The van der Waals surface area contributed by atoms with Crippen molar-refractivity contribution in [2.45, 2.75) is 33.8 Å². The second kappa shape index (κ2) is 9.08. The van der Waals surface area contributed by atoms with Gasteiger partial charge < -0.3 is 20.1 Å². The number of hydrogen-bond acceptors (Lipinski definition) is 6. The summed E-state index contributed by atoms with van der Waals surface area (Å²) in [7, 11) is 0. The second-order valence-corrected chi connectivity index (χ2v) is 6.62. The van der Waals surface area contributed by atoms with E-state index in [1.807, 2.05) is 82.3 Å². The predicted molar refractivity (Wildman–Crippen MR) is 113 cm³/mol. The molecular formula is C22H26N4O2. The minimum Gasteiger partial charge on any atom is -0.494 e. The van der Waals surface area contributed by atoms with Crippen LogP contribution in [-0.2, 0) is 0 Å². The molecule has 6 heteroatoms. The van der Waals surface area contributed by atoms with E-state index in [1.54, 1.807) is 0 Å². The lowest BCUT2D eigenvalue weighted by atomic mass is 10.3. The number of aromatic nitrogens is 2.